The molecule has 27 heavy (non-hydrogen) atoms. The smallest absolute Gasteiger partial charge is 0.293 e. The highest BCUT2D eigenvalue weighted by molar-refractivity contribution is 7.92. The van der Waals surface area contributed by atoms with E-state index in [0.717, 1.165) is 25.7 Å². The van der Waals surface area contributed by atoms with E-state index >= 15 is 0 Å². The number of hydrogen-bond acceptors (Lipinski definition) is 5. The highest BCUT2D eigenvalue weighted by Gasteiger charge is 2.27. The molecule has 2 aromatic rings. The van der Waals surface area contributed by atoms with Crippen LogP contribution in [0.1, 0.15) is 6.92 Å². The SMILES string of the molecule is CC[NH+]1CCN(c2ccc(S(=O)(=O)Nc3ccccc3)cc2[N+](=O)[O-])CC1. The summed E-state index contributed by atoms with van der Waals surface area (Å²) in [6.45, 7) is 6.37. The van der Waals surface area contributed by atoms with E-state index < -0.39 is 14.9 Å². The molecule has 1 saturated heterocycles. The molecule has 3 rings (SSSR count). The van der Waals surface area contributed by atoms with Gasteiger partial charge in [0, 0.05) is 11.8 Å². The molecule has 1 heterocycles. The fourth-order valence-electron chi connectivity index (χ4n) is 3.22. The molecule has 2 aromatic carbocycles. The highest BCUT2D eigenvalue weighted by atomic mass is 32.2. The Bertz CT molecular complexity index is 910. The number of quaternary nitrogens is 1. The highest BCUT2D eigenvalue weighted by Crippen LogP contribution is 2.31. The molecule has 0 spiro atoms. The van der Waals surface area contributed by atoms with Gasteiger partial charge in [0.2, 0.25) is 0 Å². The molecule has 0 radical (unpaired) electrons. The number of sulfonamides is 1. The second-order valence-electron chi connectivity index (χ2n) is 6.47. The van der Waals surface area contributed by atoms with Gasteiger partial charge in [-0.3, -0.25) is 14.8 Å². The lowest BCUT2D eigenvalue weighted by Gasteiger charge is -2.32. The van der Waals surface area contributed by atoms with E-state index in [2.05, 4.69) is 11.6 Å². The molecule has 0 aromatic heterocycles. The van der Waals surface area contributed by atoms with E-state index in [1.165, 1.54) is 17.0 Å². The molecule has 0 unspecified atom stereocenters. The zero-order valence-corrected chi connectivity index (χ0v) is 15.9. The van der Waals surface area contributed by atoms with Crippen LogP contribution in [0.5, 0.6) is 0 Å². The van der Waals surface area contributed by atoms with Gasteiger partial charge in [0.25, 0.3) is 15.7 Å². The average molecular weight is 391 g/mol. The van der Waals surface area contributed by atoms with Gasteiger partial charge in [0.15, 0.2) is 0 Å². The van der Waals surface area contributed by atoms with Gasteiger partial charge in [-0.15, -0.1) is 0 Å². The molecular formula is C18H23N4O4S+. The van der Waals surface area contributed by atoms with Crippen LogP contribution >= 0.6 is 0 Å². The lowest BCUT2D eigenvalue weighted by atomic mass is 10.2. The predicted molar refractivity (Wildman–Crippen MR) is 104 cm³/mol. The molecule has 8 nitrogen and oxygen atoms in total. The Morgan fingerprint density at radius 2 is 1.81 bits per heavy atom. The van der Waals surface area contributed by atoms with Crippen LogP contribution in [-0.2, 0) is 10.0 Å². The first-order valence-corrected chi connectivity index (χ1v) is 10.3. The van der Waals surface area contributed by atoms with Crippen molar-refractivity contribution in [2.24, 2.45) is 0 Å². The van der Waals surface area contributed by atoms with Crippen molar-refractivity contribution in [1.29, 1.82) is 0 Å². The van der Waals surface area contributed by atoms with Crippen LogP contribution in [0.25, 0.3) is 0 Å². The van der Waals surface area contributed by atoms with Gasteiger partial charge in [0.05, 0.1) is 42.5 Å². The fraction of sp³-hybridized carbons (Fsp3) is 0.333. The van der Waals surface area contributed by atoms with Gasteiger partial charge in [-0.25, -0.2) is 8.42 Å². The molecular weight excluding hydrogens is 368 g/mol. The van der Waals surface area contributed by atoms with Crippen molar-refractivity contribution >= 4 is 27.1 Å². The van der Waals surface area contributed by atoms with Crippen LogP contribution in [0, 0.1) is 10.1 Å². The number of hydrogen-bond donors (Lipinski definition) is 2. The van der Waals surface area contributed by atoms with E-state index in [-0.39, 0.29) is 10.6 Å². The Morgan fingerprint density at radius 3 is 2.41 bits per heavy atom. The molecule has 0 bridgehead atoms. The first kappa shape index (κ1) is 19.1. The summed E-state index contributed by atoms with van der Waals surface area (Å²) in [4.78, 5) is 14.4. The zero-order chi connectivity index (χ0) is 19.4. The van der Waals surface area contributed by atoms with Crippen molar-refractivity contribution < 1.29 is 18.2 Å². The van der Waals surface area contributed by atoms with Gasteiger partial charge in [-0.1, -0.05) is 18.2 Å². The van der Waals surface area contributed by atoms with E-state index in [9.17, 15) is 18.5 Å². The maximum atomic E-state index is 12.6. The standard InChI is InChI=1S/C18H22N4O4S/c1-2-20-10-12-21(13-11-20)17-9-8-16(14-18(17)22(23)24)27(25,26)19-15-6-4-3-5-7-15/h3-9,14,19H,2,10-13H2,1H3/p+1. The lowest BCUT2D eigenvalue weighted by molar-refractivity contribution is -0.898. The van der Waals surface area contributed by atoms with Crippen molar-refractivity contribution in [3.63, 3.8) is 0 Å². The van der Waals surface area contributed by atoms with Gasteiger partial charge in [-0.05, 0) is 31.2 Å². The fourth-order valence-corrected chi connectivity index (χ4v) is 4.30. The minimum absolute atomic E-state index is 0.125. The van der Waals surface area contributed by atoms with E-state index in [4.69, 9.17) is 0 Å². The molecule has 0 atom stereocenters. The van der Waals surface area contributed by atoms with E-state index in [0.29, 0.717) is 24.5 Å². The number of nitro groups is 1. The first-order valence-electron chi connectivity index (χ1n) is 8.85. The number of nitro benzene ring substituents is 1. The van der Waals surface area contributed by atoms with Crippen LogP contribution in [0.4, 0.5) is 17.1 Å². The summed E-state index contributed by atoms with van der Waals surface area (Å²) < 4.78 is 27.6. The van der Waals surface area contributed by atoms with E-state index in [1.54, 1.807) is 30.3 Å². The van der Waals surface area contributed by atoms with Crippen molar-refractivity contribution in [2.45, 2.75) is 11.8 Å². The molecule has 2 N–H and O–H groups in total. The minimum Gasteiger partial charge on any atom is -0.355 e. The van der Waals surface area contributed by atoms with Crippen LogP contribution in [0.2, 0.25) is 0 Å². The second-order valence-corrected chi connectivity index (χ2v) is 8.15. The summed E-state index contributed by atoms with van der Waals surface area (Å²) >= 11 is 0. The topological polar surface area (TPSA) is 97.0 Å². The average Bonchev–Trinajstić information content (AvgIpc) is 2.68. The van der Waals surface area contributed by atoms with Gasteiger partial charge in [-0.2, -0.15) is 0 Å². The monoisotopic (exact) mass is 391 g/mol. The van der Waals surface area contributed by atoms with Crippen molar-refractivity contribution in [1.82, 2.24) is 0 Å². The summed E-state index contributed by atoms with van der Waals surface area (Å²) in [5.74, 6) is 0. The quantitative estimate of drug-likeness (QED) is 0.568. The number of benzene rings is 2. The third-order valence-corrected chi connectivity index (χ3v) is 6.17. The van der Waals surface area contributed by atoms with Crippen molar-refractivity contribution in [3.05, 3.63) is 58.6 Å². The molecule has 1 aliphatic rings. The van der Waals surface area contributed by atoms with Crippen LogP contribution in [-0.4, -0.2) is 46.1 Å². The third kappa shape index (κ3) is 4.37. The van der Waals surface area contributed by atoms with Crippen molar-refractivity contribution in [3.8, 4) is 0 Å². The molecule has 1 fully saturated rings. The zero-order valence-electron chi connectivity index (χ0n) is 15.1. The number of anilines is 2. The van der Waals surface area contributed by atoms with E-state index in [1.807, 2.05) is 4.90 Å². The molecule has 0 saturated carbocycles. The number of para-hydroxylation sites is 1. The largest absolute Gasteiger partial charge is 0.355 e. The molecule has 0 aliphatic carbocycles. The molecule has 1 aliphatic heterocycles. The summed E-state index contributed by atoms with van der Waals surface area (Å²) in [7, 11) is -3.91. The Balaban J connectivity index is 1.88. The number of nitrogens with one attached hydrogen (secondary N) is 2. The minimum atomic E-state index is -3.91. The van der Waals surface area contributed by atoms with Gasteiger partial charge in [0.1, 0.15) is 5.69 Å². The first-order chi connectivity index (χ1) is 12.9. The van der Waals surface area contributed by atoms with Crippen LogP contribution < -0.4 is 14.5 Å². The maximum Gasteiger partial charge on any atom is 0.293 e. The van der Waals surface area contributed by atoms with Crippen LogP contribution in [0.15, 0.2) is 53.4 Å². The second kappa shape index (κ2) is 7.93. The Hall–Kier alpha value is -2.65. The number of nitrogens with zero attached hydrogens (tertiary/aromatic N) is 2. The predicted octanol–water partition coefficient (Wildman–Crippen LogP) is 1.12. The maximum absolute atomic E-state index is 12.6. The summed E-state index contributed by atoms with van der Waals surface area (Å²) in [6, 6.07) is 12.5. The molecule has 144 valence electrons. The van der Waals surface area contributed by atoms with Crippen LogP contribution in [0.3, 0.4) is 0 Å². The van der Waals surface area contributed by atoms with Gasteiger partial charge >= 0.3 is 0 Å². The lowest BCUT2D eigenvalue weighted by Crippen LogP contribution is -3.14. The number of piperazine rings is 1. The molecule has 9 heteroatoms. The van der Waals surface area contributed by atoms with Crippen molar-refractivity contribution in [2.75, 3.05) is 42.3 Å². The Labute approximate surface area is 158 Å². The Morgan fingerprint density at radius 1 is 1.15 bits per heavy atom. The Kier molecular flexibility index (Phi) is 5.62. The normalized spacial score (nSPS) is 15.5. The van der Waals surface area contributed by atoms with Gasteiger partial charge < -0.3 is 9.80 Å². The molecule has 0 amide bonds. The summed E-state index contributed by atoms with van der Waals surface area (Å²) in [6.07, 6.45) is 0. The summed E-state index contributed by atoms with van der Waals surface area (Å²) in [5, 5.41) is 11.6. The summed E-state index contributed by atoms with van der Waals surface area (Å²) in [5.41, 5.74) is 0.683. The number of rotatable bonds is 6. The third-order valence-electron chi connectivity index (χ3n) is 4.79. The number of likely N-dealkylation sites (N-methyl/N-ethyl adjacent to an activating group) is 1.